The van der Waals surface area contributed by atoms with Crippen LogP contribution in [0.25, 0.3) is 0 Å². The Morgan fingerprint density at radius 2 is 2.15 bits per heavy atom. The van der Waals surface area contributed by atoms with Crippen LogP contribution in [0.2, 0.25) is 0 Å². The lowest BCUT2D eigenvalue weighted by Gasteiger charge is -2.22. The minimum absolute atomic E-state index is 0.251. The van der Waals surface area contributed by atoms with Crippen molar-refractivity contribution in [3.8, 4) is 0 Å². The maximum Gasteiger partial charge on any atom is 0.322 e. The van der Waals surface area contributed by atoms with Gasteiger partial charge in [-0.15, -0.1) is 0 Å². The van der Waals surface area contributed by atoms with Crippen LogP contribution in [0.15, 0.2) is 0 Å². The molecule has 2 N–H and O–H groups in total. The average Bonchev–Trinajstić information content (AvgIpc) is 2.29. The Labute approximate surface area is 75.8 Å². The fraction of sp³-hybridized carbons (Fsp3) is 0.750. The van der Waals surface area contributed by atoms with E-state index in [1.54, 1.807) is 0 Å². The van der Waals surface area contributed by atoms with E-state index in [0.717, 1.165) is 12.8 Å². The third kappa shape index (κ3) is 1.39. The van der Waals surface area contributed by atoms with E-state index in [2.05, 4.69) is 10.6 Å². The molecule has 2 aliphatic rings. The van der Waals surface area contributed by atoms with Crippen LogP contribution in [-0.2, 0) is 9.53 Å². The summed E-state index contributed by atoms with van der Waals surface area (Å²) in [7, 11) is 0. The van der Waals surface area contributed by atoms with Gasteiger partial charge in [-0.2, -0.15) is 0 Å². The average molecular weight is 184 g/mol. The number of amides is 3. The smallest absolute Gasteiger partial charge is 0.322 e. The van der Waals surface area contributed by atoms with Gasteiger partial charge in [0, 0.05) is 6.61 Å². The predicted octanol–water partition coefficient (Wildman–Crippen LogP) is -0.235. The molecule has 0 aromatic rings. The van der Waals surface area contributed by atoms with Gasteiger partial charge in [-0.1, -0.05) is 0 Å². The zero-order valence-corrected chi connectivity index (χ0v) is 7.26. The molecule has 2 heterocycles. The van der Waals surface area contributed by atoms with E-state index in [0.29, 0.717) is 19.6 Å². The molecule has 5 nitrogen and oxygen atoms in total. The van der Waals surface area contributed by atoms with Gasteiger partial charge in [-0.25, -0.2) is 4.79 Å². The third-order valence-corrected chi connectivity index (χ3v) is 2.51. The molecule has 2 rings (SSSR count). The molecule has 2 aliphatic heterocycles. The standard InChI is InChI=1S/C8H12N2O3/c11-6-8(10-7(12)9-6)3-1-2-4-13-5-8/h1-5H2,(H2,9,10,11,12). The van der Waals surface area contributed by atoms with Crippen molar-refractivity contribution in [1.82, 2.24) is 10.6 Å². The van der Waals surface area contributed by atoms with Crippen molar-refractivity contribution in [2.24, 2.45) is 0 Å². The van der Waals surface area contributed by atoms with Gasteiger partial charge in [0.15, 0.2) is 0 Å². The Morgan fingerprint density at radius 3 is 2.85 bits per heavy atom. The fourth-order valence-corrected chi connectivity index (χ4v) is 1.76. The van der Waals surface area contributed by atoms with Gasteiger partial charge < -0.3 is 10.1 Å². The number of nitrogens with one attached hydrogen (secondary N) is 2. The Balaban J connectivity index is 2.17. The van der Waals surface area contributed by atoms with E-state index in [1.807, 2.05) is 0 Å². The monoisotopic (exact) mass is 184 g/mol. The van der Waals surface area contributed by atoms with Crippen molar-refractivity contribution in [2.45, 2.75) is 24.8 Å². The summed E-state index contributed by atoms with van der Waals surface area (Å²) in [5.74, 6) is -0.251. The Hall–Kier alpha value is -1.10. The molecule has 1 unspecified atom stereocenters. The number of carbonyl (C=O) groups excluding carboxylic acids is 2. The molecular weight excluding hydrogens is 172 g/mol. The van der Waals surface area contributed by atoms with Gasteiger partial charge in [-0.3, -0.25) is 10.1 Å². The van der Waals surface area contributed by atoms with E-state index in [1.165, 1.54) is 0 Å². The first-order chi connectivity index (χ1) is 6.23. The van der Waals surface area contributed by atoms with Gasteiger partial charge in [0.05, 0.1) is 6.61 Å². The Morgan fingerprint density at radius 1 is 1.31 bits per heavy atom. The van der Waals surface area contributed by atoms with Crippen LogP contribution in [0.4, 0.5) is 4.79 Å². The normalized spacial score (nSPS) is 34.2. The SMILES string of the molecule is O=C1NC(=O)C2(CCCCOC2)N1. The summed E-state index contributed by atoms with van der Waals surface area (Å²) in [4.78, 5) is 22.4. The molecule has 0 aromatic carbocycles. The summed E-state index contributed by atoms with van der Waals surface area (Å²) in [6, 6.07) is -0.407. The molecule has 1 spiro atoms. The number of hydrogen-bond acceptors (Lipinski definition) is 3. The lowest BCUT2D eigenvalue weighted by atomic mass is 9.95. The van der Waals surface area contributed by atoms with Crippen LogP contribution >= 0.6 is 0 Å². The minimum Gasteiger partial charge on any atom is -0.378 e. The predicted molar refractivity (Wildman–Crippen MR) is 44.1 cm³/mol. The highest BCUT2D eigenvalue weighted by molar-refractivity contribution is 6.07. The third-order valence-electron chi connectivity index (χ3n) is 2.51. The molecule has 3 amide bonds. The van der Waals surface area contributed by atoms with Crippen LogP contribution in [0.5, 0.6) is 0 Å². The lowest BCUT2D eigenvalue weighted by Crippen LogP contribution is -2.50. The van der Waals surface area contributed by atoms with Crippen molar-refractivity contribution in [2.75, 3.05) is 13.2 Å². The molecule has 0 bridgehead atoms. The summed E-state index contributed by atoms with van der Waals surface area (Å²) in [5, 5.41) is 4.87. The van der Waals surface area contributed by atoms with Crippen molar-refractivity contribution in [3.05, 3.63) is 0 Å². The van der Waals surface area contributed by atoms with Crippen molar-refractivity contribution in [1.29, 1.82) is 0 Å². The lowest BCUT2D eigenvalue weighted by molar-refractivity contribution is -0.126. The Kier molecular flexibility index (Phi) is 1.95. The molecule has 2 fully saturated rings. The van der Waals surface area contributed by atoms with Crippen LogP contribution in [-0.4, -0.2) is 30.7 Å². The number of urea groups is 1. The van der Waals surface area contributed by atoms with E-state index in [4.69, 9.17) is 4.74 Å². The van der Waals surface area contributed by atoms with Crippen molar-refractivity contribution >= 4 is 11.9 Å². The summed E-state index contributed by atoms with van der Waals surface area (Å²) >= 11 is 0. The maximum atomic E-state index is 11.4. The molecular formula is C8H12N2O3. The summed E-state index contributed by atoms with van der Waals surface area (Å²) in [5.41, 5.74) is -0.784. The second-order valence-corrected chi connectivity index (χ2v) is 3.50. The summed E-state index contributed by atoms with van der Waals surface area (Å²) in [6.07, 6.45) is 2.53. The number of rotatable bonds is 0. The van der Waals surface area contributed by atoms with Gasteiger partial charge in [0.1, 0.15) is 5.54 Å². The second kappa shape index (κ2) is 2.99. The van der Waals surface area contributed by atoms with Crippen molar-refractivity contribution < 1.29 is 14.3 Å². The molecule has 1 atom stereocenters. The largest absolute Gasteiger partial charge is 0.378 e. The quantitative estimate of drug-likeness (QED) is 0.511. The minimum atomic E-state index is -0.784. The van der Waals surface area contributed by atoms with Crippen LogP contribution in [0.1, 0.15) is 19.3 Å². The van der Waals surface area contributed by atoms with Gasteiger partial charge in [0.25, 0.3) is 5.91 Å². The maximum absolute atomic E-state index is 11.4. The van der Waals surface area contributed by atoms with E-state index >= 15 is 0 Å². The van der Waals surface area contributed by atoms with E-state index in [9.17, 15) is 9.59 Å². The molecule has 0 aromatic heterocycles. The summed E-state index contributed by atoms with van der Waals surface area (Å²) < 4.78 is 5.28. The second-order valence-electron chi connectivity index (χ2n) is 3.50. The highest BCUT2D eigenvalue weighted by atomic mass is 16.5. The van der Waals surface area contributed by atoms with Gasteiger partial charge in [-0.05, 0) is 19.3 Å². The zero-order valence-electron chi connectivity index (χ0n) is 7.26. The number of ether oxygens (including phenoxy) is 1. The van der Waals surface area contributed by atoms with E-state index in [-0.39, 0.29) is 5.91 Å². The zero-order chi connectivity index (χ0) is 9.31. The first kappa shape index (κ1) is 8.50. The summed E-state index contributed by atoms with van der Waals surface area (Å²) in [6.45, 7) is 0.968. The molecule has 2 saturated heterocycles. The van der Waals surface area contributed by atoms with Crippen LogP contribution in [0.3, 0.4) is 0 Å². The highest BCUT2D eigenvalue weighted by Crippen LogP contribution is 2.22. The van der Waals surface area contributed by atoms with Gasteiger partial charge >= 0.3 is 6.03 Å². The van der Waals surface area contributed by atoms with E-state index < -0.39 is 11.6 Å². The molecule has 0 radical (unpaired) electrons. The molecule has 5 heteroatoms. The molecule has 0 aliphatic carbocycles. The number of imide groups is 1. The van der Waals surface area contributed by atoms with Crippen molar-refractivity contribution in [3.63, 3.8) is 0 Å². The first-order valence-electron chi connectivity index (χ1n) is 4.44. The number of carbonyl (C=O) groups is 2. The van der Waals surface area contributed by atoms with Crippen LogP contribution in [0, 0.1) is 0 Å². The molecule has 13 heavy (non-hydrogen) atoms. The molecule has 72 valence electrons. The number of hydrogen-bond donors (Lipinski definition) is 2. The first-order valence-corrected chi connectivity index (χ1v) is 4.44. The Bertz CT molecular complexity index is 244. The molecule has 0 saturated carbocycles. The van der Waals surface area contributed by atoms with Gasteiger partial charge in [0.2, 0.25) is 0 Å². The topological polar surface area (TPSA) is 67.4 Å². The fourth-order valence-electron chi connectivity index (χ4n) is 1.76. The highest BCUT2D eigenvalue weighted by Gasteiger charge is 2.46. The van der Waals surface area contributed by atoms with Crippen LogP contribution < -0.4 is 10.6 Å².